The number of hydrogen-bond acceptors (Lipinski definition) is 1. The van der Waals surface area contributed by atoms with Crippen molar-refractivity contribution in [3.05, 3.63) is 40.0 Å². The van der Waals surface area contributed by atoms with Crippen LogP contribution in [0, 0.1) is 0 Å². The van der Waals surface area contributed by atoms with Crippen LogP contribution in [0.5, 0.6) is 0 Å². The molecule has 0 bridgehead atoms. The van der Waals surface area contributed by atoms with E-state index in [4.69, 9.17) is 11.6 Å². The highest BCUT2D eigenvalue weighted by atomic mass is 35.5. The summed E-state index contributed by atoms with van der Waals surface area (Å²) in [5.41, 5.74) is 4.00. The molecule has 2 rings (SSSR count). The van der Waals surface area contributed by atoms with Gasteiger partial charge in [-0.05, 0) is 49.1 Å². The number of hydrogen-bond donors (Lipinski definition) is 1. The van der Waals surface area contributed by atoms with Gasteiger partial charge in [0.05, 0.1) is 0 Å². The van der Waals surface area contributed by atoms with E-state index in [9.17, 15) is 0 Å². The van der Waals surface area contributed by atoms with Gasteiger partial charge >= 0.3 is 0 Å². The van der Waals surface area contributed by atoms with Crippen molar-refractivity contribution in [1.82, 2.24) is 5.32 Å². The molecule has 1 aliphatic rings. The molecular formula is C16H26ClN. The van der Waals surface area contributed by atoms with E-state index in [-0.39, 0.29) is 0 Å². The van der Waals surface area contributed by atoms with E-state index in [1.165, 1.54) is 16.8 Å². The van der Waals surface area contributed by atoms with Gasteiger partial charge in [0.2, 0.25) is 0 Å². The van der Waals surface area contributed by atoms with Crippen molar-refractivity contribution < 1.29 is 0 Å². The predicted molar refractivity (Wildman–Crippen MR) is 84.1 cm³/mol. The fourth-order valence-electron chi connectivity index (χ4n) is 1.83. The molecule has 0 spiro atoms. The molecule has 1 aromatic rings. The molecule has 0 saturated heterocycles. The molecule has 0 unspecified atom stereocenters. The highest BCUT2D eigenvalue weighted by Gasteiger charge is 2.09. The maximum atomic E-state index is 5.94. The summed E-state index contributed by atoms with van der Waals surface area (Å²) in [5.74, 6) is 0. The Kier molecular flexibility index (Phi) is 9.49. The average molecular weight is 268 g/mol. The molecule has 0 atom stereocenters. The van der Waals surface area contributed by atoms with Crippen LogP contribution in [-0.2, 0) is 6.42 Å². The Morgan fingerprint density at radius 2 is 1.78 bits per heavy atom. The Morgan fingerprint density at radius 3 is 2.39 bits per heavy atom. The second-order valence-electron chi connectivity index (χ2n) is 3.54. The van der Waals surface area contributed by atoms with E-state index >= 15 is 0 Å². The number of rotatable bonds is 2. The zero-order valence-corrected chi connectivity index (χ0v) is 13.1. The average Bonchev–Trinajstić information content (AvgIpc) is 2.44. The van der Waals surface area contributed by atoms with E-state index in [1.807, 2.05) is 33.8 Å². The van der Waals surface area contributed by atoms with E-state index in [1.54, 1.807) is 0 Å². The number of nitrogens with one attached hydrogen (secondary N) is 1. The summed E-state index contributed by atoms with van der Waals surface area (Å²) in [4.78, 5) is 0. The van der Waals surface area contributed by atoms with Gasteiger partial charge in [-0.3, -0.25) is 0 Å². The predicted octanol–water partition coefficient (Wildman–Crippen LogP) is 5.29. The lowest BCUT2D eigenvalue weighted by Crippen LogP contribution is -2.15. The first-order chi connectivity index (χ1) is 8.79. The van der Waals surface area contributed by atoms with Crippen LogP contribution in [0.2, 0.25) is 5.02 Å². The van der Waals surface area contributed by atoms with Gasteiger partial charge in [0, 0.05) is 17.3 Å². The van der Waals surface area contributed by atoms with Gasteiger partial charge in [-0.2, -0.15) is 0 Å². The van der Waals surface area contributed by atoms with Crippen molar-refractivity contribution in [3.63, 3.8) is 0 Å². The van der Waals surface area contributed by atoms with Crippen LogP contribution < -0.4 is 5.32 Å². The number of benzene rings is 1. The molecule has 0 heterocycles. The summed E-state index contributed by atoms with van der Waals surface area (Å²) in [6.45, 7) is 11.1. The first-order valence-corrected chi connectivity index (χ1v) is 7.40. The fourth-order valence-corrected chi connectivity index (χ4v) is 2.02. The van der Waals surface area contributed by atoms with Crippen molar-refractivity contribution in [2.75, 3.05) is 6.54 Å². The summed E-state index contributed by atoms with van der Waals surface area (Å²) < 4.78 is 0. The topological polar surface area (TPSA) is 12.0 Å². The molecule has 0 amide bonds. The molecule has 1 aromatic carbocycles. The maximum Gasteiger partial charge on any atom is 0.0409 e. The molecule has 102 valence electrons. The summed E-state index contributed by atoms with van der Waals surface area (Å²) in [6.07, 6.45) is 4.41. The first kappa shape index (κ1) is 17.1. The summed E-state index contributed by atoms with van der Waals surface area (Å²) in [6, 6.07) is 6.11. The van der Waals surface area contributed by atoms with Crippen molar-refractivity contribution >= 4 is 17.7 Å². The van der Waals surface area contributed by atoms with Gasteiger partial charge in [-0.1, -0.05) is 45.4 Å². The van der Waals surface area contributed by atoms with Crippen LogP contribution in [-0.4, -0.2) is 6.54 Å². The minimum Gasteiger partial charge on any atom is -0.389 e. The van der Waals surface area contributed by atoms with Crippen molar-refractivity contribution in [2.24, 2.45) is 0 Å². The molecule has 1 N–H and O–H groups in total. The molecule has 0 saturated carbocycles. The Balaban J connectivity index is 0.000000659. The molecule has 1 aliphatic carbocycles. The van der Waals surface area contributed by atoms with Crippen LogP contribution in [0.25, 0.3) is 6.08 Å². The van der Waals surface area contributed by atoms with Crippen molar-refractivity contribution in [3.8, 4) is 0 Å². The highest BCUT2D eigenvalue weighted by Crippen LogP contribution is 2.25. The second kappa shape index (κ2) is 10.0. The molecular weight excluding hydrogens is 242 g/mol. The Morgan fingerprint density at radius 1 is 1.11 bits per heavy atom. The number of aryl methyl sites for hydroxylation is 1. The molecule has 1 nitrogen and oxygen atoms in total. The van der Waals surface area contributed by atoms with Gasteiger partial charge in [-0.25, -0.2) is 0 Å². The molecule has 0 radical (unpaired) electrons. The van der Waals surface area contributed by atoms with E-state index in [2.05, 4.69) is 30.4 Å². The van der Waals surface area contributed by atoms with Crippen LogP contribution in [0.3, 0.4) is 0 Å². The fraction of sp³-hybridized carbons (Fsp3) is 0.500. The minimum absolute atomic E-state index is 0.837. The molecule has 0 fully saturated rings. The Hall–Kier alpha value is -0.950. The van der Waals surface area contributed by atoms with Gasteiger partial charge in [-0.15, -0.1) is 0 Å². The summed E-state index contributed by atoms with van der Waals surface area (Å²) in [5, 5.41) is 4.21. The lowest BCUT2D eigenvalue weighted by atomic mass is 9.95. The second-order valence-corrected chi connectivity index (χ2v) is 3.98. The number of halogens is 1. The van der Waals surface area contributed by atoms with Crippen LogP contribution in [0.4, 0.5) is 0 Å². The number of allylic oxidation sites excluding steroid dienone is 1. The summed E-state index contributed by atoms with van der Waals surface area (Å²) in [7, 11) is 0. The van der Waals surface area contributed by atoms with Crippen LogP contribution in [0.15, 0.2) is 23.9 Å². The SMILES string of the molecule is CC.CC.CCNC1=Cc2ccc(Cl)cc2CC1. The van der Waals surface area contributed by atoms with E-state index in [0.29, 0.717) is 0 Å². The Labute approximate surface area is 117 Å². The zero-order valence-electron chi connectivity index (χ0n) is 12.3. The molecule has 18 heavy (non-hydrogen) atoms. The lowest BCUT2D eigenvalue weighted by Gasteiger charge is -2.17. The van der Waals surface area contributed by atoms with Gasteiger partial charge in [0.25, 0.3) is 0 Å². The van der Waals surface area contributed by atoms with E-state index < -0.39 is 0 Å². The molecule has 0 aliphatic heterocycles. The third kappa shape index (κ3) is 5.14. The first-order valence-electron chi connectivity index (χ1n) is 7.02. The zero-order chi connectivity index (χ0) is 14.0. The molecule has 0 aromatic heterocycles. The number of fused-ring (bicyclic) bond motifs is 1. The largest absolute Gasteiger partial charge is 0.389 e. The quantitative estimate of drug-likeness (QED) is 0.768. The maximum absolute atomic E-state index is 5.94. The minimum atomic E-state index is 0.837. The van der Waals surface area contributed by atoms with Crippen molar-refractivity contribution in [1.29, 1.82) is 0 Å². The van der Waals surface area contributed by atoms with Crippen LogP contribution >= 0.6 is 11.6 Å². The van der Waals surface area contributed by atoms with E-state index in [0.717, 1.165) is 24.4 Å². The van der Waals surface area contributed by atoms with Crippen molar-refractivity contribution in [2.45, 2.75) is 47.5 Å². The third-order valence-corrected chi connectivity index (χ3v) is 2.74. The monoisotopic (exact) mass is 267 g/mol. The standard InChI is InChI=1S/C12H14ClN.2C2H6/c1-2-14-12-6-4-9-7-11(13)5-3-10(9)8-12;2*1-2/h3,5,7-8,14H,2,4,6H2,1H3;2*1-2H3. The molecule has 2 heteroatoms. The highest BCUT2D eigenvalue weighted by molar-refractivity contribution is 6.30. The lowest BCUT2D eigenvalue weighted by molar-refractivity contribution is 0.771. The third-order valence-electron chi connectivity index (χ3n) is 2.50. The normalized spacial score (nSPS) is 12.0. The van der Waals surface area contributed by atoms with Gasteiger partial charge < -0.3 is 5.32 Å². The van der Waals surface area contributed by atoms with Gasteiger partial charge in [0.1, 0.15) is 0 Å². The van der Waals surface area contributed by atoms with Gasteiger partial charge in [0.15, 0.2) is 0 Å². The van der Waals surface area contributed by atoms with Crippen LogP contribution in [0.1, 0.15) is 52.2 Å². The summed E-state index contributed by atoms with van der Waals surface area (Å²) >= 11 is 5.94. The smallest absolute Gasteiger partial charge is 0.0409 e. The Bertz CT molecular complexity index is 369.